The lowest BCUT2D eigenvalue weighted by Gasteiger charge is -2.27. The zero-order valence-electron chi connectivity index (χ0n) is 11.2. The van der Waals surface area contributed by atoms with Crippen molar-refractivity contribution in [2.75, 3.05) is 32.8 Å². The molecule has 2 N–H and O–H groups in total. The molecular formula is C13H17BN2O4. The van der Waals surface area contributed by atoms with Gasteiger partial charge in [-0.15, -0.1) is 0 Å². The molecule has 0 atom stereocenters. The van der Waals surface area contributed by atoms with Crippen molar-refractivity contribution in [1.82, 2.24) is 10.2 Å². The maximum absolute atomic E-state index is 12.0. The molecule has 1 saturated heterocycles. The molecule has 6 nitrogen and oxygen atoms in total. The van der Waals surface area contributed by atoms with Gasteiger partial charge in [0.1, 0.15) is 5.75 Å². The van der Waals surface area contributed by atoms with E-state index in [0.717, 1.165) is 37.2 Å². The van der Waals surface area contributed by atoms with Gasteiger partial charge in [-0.1, -0.05) is 6.07 Å². The number of carbonyl (C=O) groups excluding carboxylic acids is 1. The van der Waals surface area contributed by atoms with E-state index in [1.165, 1.54) is 0 Å². The number of carbonyl (C=O) groups is 1. The first-order valence-electron chi connectivity index (χ1n) is 6.78. The number of hydrogen-bond donors (Lipinski definition) is 2. The van der Waals surface area contributed by atoms with Gasteiger partial charge in [0, 0.05) is 26.2 Å². The lowest BCUT2D eigenvalue weighted by Crippen LogP contribution is -2.47. The second-order valence-corrected chi connectivity index (χ2v) is 4.94. The Morgan fingerprint density at radius 2 is 2.25 bits per heavy atom. The molecule has 106 valence electrons. The third-order valence-electron chi connectivity index (χ3n) is 3.61. The minimum atomic E-state index is -0.846. The van der Waals surface area contributed by atoms with Crippen LogP contribution in [0.2, 0.25) is 0 Å². The number of benzene rings is 1. The minimum absolute atomic E-state index is 0.00304. The average Bonchev–Trinajstić information content (AvgIpc) is 2.87. The van der Waals surface area contributed by atoms with Crippen LogP contribution in [-0.2, 0) is 16.1 Å². The van der Waals surface area contributed by atoms with Gasteiger partial charge in [-0.2, -0.15) is 0 Å². The number of hydrogen-bond acceptors (Lipinski definition) is 5. The van der Waals surface area contributed by atoms with Crippen LogP contribution in [0.5, 0.6) is 5.75 Å². The summed E-state index contributed by atoms with van der Waals surface area (Å²) >= 11 is 0. The molecule has 1 amide bonds. The van der Waals surface area contributed by atoms with E-state index in [1.54, 1.807) is 17.0 Å². The fraction of sp³-hybridized carbons (Fsp3) is 0.462. The summed E-state index contributed by atoms with van der Waals surface area (Å²) in [4.78, 5) is 13.8. The third-order valence-corrected chi connectivity index (χ3v) is 3.61. The lowest BCUT2D eigenvalue weighted by molar-refractivity contribution is -0.133. The summed E-state index contributed by atoms with van der Waals surface area (Å²) in [5.41, 5.74) is 1.68. The molecule has 0 unspecified atom stereocenters. The molecule has 0 bridgehead atoms. The highest BCUT2D eigenvalue weighted by Gasteiger charge is 2.27. The van der Waals surface area contributed by atoms with Gasteiger partial charge in [0.15, 0.2) is 6.61 Å². The normalized spacial score (nSPS) is 18.1. The SMILES string of the molecule is O=C(COc1ccc2c(c1)COB2O)N1CCNCC1. The quantitative estimate of drug-likeness (QED) is 0.673. The van der Waals surface area contributed by atoms with Crippen molar-refractivity contribution in [3.63, 3.8) is 0 Å². The van der Waals surface area contributed by atoms with Crippen LogP contribution in [0.15, 0.2) is 18.2 Å². The van der Waals surface area contributed by atoms with Crippen LogP contribution >= 0.6 is 0 Å². The number of rotatable bonds is 3. The molecule has 1 fully saturated rings. The van der Waals surface area contributed by atoms with Gasteiger partial charge in [-0.3, -0.25) is 4.79 Å². The van der Waals surface area contributed by atoms with Crippen molar-refractivity contribution in [3.05, 3.63) is 23.8 Å². The molecule has 2 aliphatic rings. The second-order valence-electron chi connectivity index (χ2n) is 4.94. The van der Waals surface area contributed by atoms with Crippen molar-refractivity contribution in [2.24, 2.45) is 0 Å². The van der Waals surface area contributed by atoms with Crippen molar-refractivity contribution in [1.29, 1.82) is 0 Å². The van der Waals surface area contributed by atoms with E-state index in [9.17, 15) is 9.82 Å². The molecule has 0 saturated carbocycles. The Morgan fingerprint density at radius 1 is 1.45 bits per heavy atom. The molecule has 2 aliphatic heterocycles. The van der Waals surface area contributed by atoms with E-state index >= 15 is 0 Å². The van der Waals surface area contributed by atoms with Gasteiger partial charge < -0.3 is 24.6 Å². The summed E-state index contributed by atoms with van der Waals surface area (Å²) < 4.78 is 10.6. The van der Waals surface area contributed by atoms with E-state index in [0.29, 0.717) is 12.4 Å². The topological polar surface area (TPSA) is 71.0 Å². The highest BCUT2D eigenvalue weighted by molar-refractivity contribution is 6.61. The van der Waals surface area contributed by atoms with Crippen LogP contribution in [-0.4, -0.2) is 55.7 Å². The van der Waals surface area contributed by atoms with Crippen LogP contribution in [0.4, 0.5) is 0 Å². The molecule has 7 heteroatoms. The molecule has 2 heterocycles. The number of piperazine rings is 1. The number of amides is 1. The predicted octanol–water partition coefficient (Wildman–Crippen LogP) is -1.29. The summed E-state index contributed by atoms with van der Waals surface area (Å²) in [5.74, 6) is 0.633. The molecule has 1 aromatic carbocycles. The molecule has 3 rings (SSSR count). The standard InChI is InChI=1S/C13H17BN2O4/c17-13(16-5-3-15-4-6-16)9-19-11-1-2-12-10(7-11)8-20-14(12)18/h1-2,7,15,18H,3-6,8-9H2. The molecule has 1 aromatic rings. The van der Waals surface area contributed by atoms with Crippen LogP contribution in [0.1, 0.15) is 5.56 Å². The van der Waals surface area contributed by atoms with Crippen molar-refractivity contribution < 1.29 is 19.2 Å². The van der Waals surface area contributed by atoms with Crippen molar-refractivity contribution >= 4 is 18.5 Å². The van der Waals surface area contributed by atoms with Crippen LogP contribution in [0, 0.1) is 0 Å². The highest BCUT2D eigenvalue weighted by atomic mass is 16.5. The zero-order valence-corrected chi connectivity index (χ0v) is 11.2. The molecule has 0 aliphatic carbocycles. The van der Waals surface area contributed by atoms with Crippen LogP contribution in [0.25, 0.3) is 0 Å². The Labute approximate surface area is 117 Å². The molecular weight excluding hydrogens is 259 g/mol. The minimum Gasteiger partial charge on any atom is -0.484 e. The number of fused-ring (bicyclic) bond motifs is 1. The first kappa shape index (κ1) is 13.4. The fourth-order valence-corrected chi connectivity index (χ4v) is 2.45. The maximum Gasteiger partial charge on any atom is 0.491 e. The predicted molar refractivity (Wildman–Crippen MR) is 73.8 cm³/mol. The number of nitrogens with zero attached hydrogens (tertiary/aromatic N) is 1. The van der Waals surface area contributed by atoms with E-state index in [-0.39, 0.29) is 12.5 Å². The van der Waals surface area contributed by atoms with Gasteiger partial charge in [-0.05, 0) is 23.2 Å². The largest absolute Gasteiger partial charge is 0.491 e. The average molecular weight is 276 g/mol. The third kappa shape index (κ3) is 2.79. The summed E-state index contributed by atoms with van der Waals surface area (Å²) in [7, 11) is -0.846. The molecule has 0 radical (unpaired) electrons. The Hall–Kier alpha value is -1.57. The maximum atomic E-state index is 12.0. The van der Waals surface area contributed by atoms with Crippen LogP contribution < -0.4 is 15.5 Å². The van der Waals surface area contributed by atoms with Gasteiger partial charge in [0.25, 0.3) is 5.91 Å². The van der Waals surface area contributed by atoms with E-state index in [1.807, 2.05) is 6.07 Å². The number of ether oxygens (including phenoxy) is 1. The Balaban J connectivity index is 1.57. The Kier molecular flexibility index (Phi) is 3.91. The molecule has 20 heavy (non-hydrogen) atoms. The van der Waals surface area contributed by atoms with Gasteiger partial charge in [-0.25, -0.2) is 0 Å². The molecule has 0 spiro atoms. The summed E-state index contributed by atoms with van der Waals surface area (Å²) in [5, 5.41) is 12.7. The second kappa shape index (κ2) is 5.82. The first-order chi connectivity index (χ1) is 9.74. The van der Waals surface area contributed by atoms with Crippen molar-refractivity contribution in [2.45, 2.75) is 6.61 Å². The van der Waals surface area contributed by atoms with Gasteiger partial charge in [0.2, 0.25) is 0 Å². The summed E-state index contributed by atoms with van der Waals surface area (Å²) in [6.07, 6.45) is 0. The lowest BCUT2D eigenvalue weighted by atomic mass is 9.80. The van der Waals surface area contributed by atoms with Gasteiger partial charge in [0.05, 0.1) is 6.61 Å². The smallest absolute Gasteiger partial charge is 0.484 e. The van der Waals surface area contributed by atoms with Crippen LogP contribution in [0.3, 0.4) is 0 Å². The molecule has 0 aromatic heterocycles. The fourth-order valence-electron chi connectivity index (χ4n) is 2.45. The summed E-state index contributed by atoms with van der Waals surface area (Å²) in [6.45, 7) is 3.54. The van der Waals surface area contributed by atoms with E-state index < -0.39 is 7.12 Å². The first-order valence-corrected chi connectivity index (χ1v) is 6.78. The summed E-state index contributed by atoms with van der Waals surface area (Å²) in [6, 6.07) is 5.34. The zero-order chi connectivity index (χ0) is 13.9. The number of nitrogens with one attached hydrogen (secondary N) is 1. The highest BCUT2D eigenvalue weighted by Crippen LogP contribution is 2.17. The Bertz CT molecular complexity index is 505. The van der Waals surface area contributed by atoms with Crippen molar-refractivity contribution in [3.8, 4) is 5.75 Å². The Morgan fingerprint density at radius 3 is 3.05 bits per heavy atom. The van der Waals surface area contributed by atoms with E-state index in [4.69, 9.17) is 9.39 Å². The van der Waals surface area contributed by atoms with E-state index in [2.05, 4.69) is 5.32 Å². The van der Waals surface area contributed by atoms with Gasteiger partial charge >= 0.3 is 7.12 Å². The monoisotopic (exact) mass is 276 g/mol.